The molecule has 3 aromatic rings. The Morgan fingerprint density at radius 2 is 1.66 bits per heavy atom. The maximum atomic E-state index is 13.2. The summed E-state index contributed by atoms with van der Waals surface area (Å²) < 4.78 is 27.8. The van der Waals surface area contributed by atoms with Crippen LogP contribution in [-0.4, -0.2) is 37.6 Å². The Balaban J connectivity index is 1.28. The first-order chi connectivity index (χ1) is 16.8. The SMILES string of the molecule is Cc1cc(NC(=O)c2ccc(S(=O)(=O)N3CCc4ccccc4C3)cc2)ccc1N1CCCC1=O. The first kappa shape index (κ1) is 23.3. The summed E-state index contributed by atoms with van der Waals surface area (Å²) in [5.74, 6) is -0.209. The molecule has 0 radical (unpaired) electrons. The van der Waals surface area contributed by atoms with Gasteiger partial charge in [0.25, 0.3) is 5.91 Å². The second-order valence-corrected chi connectivity index (χ2v) is 10.9. The van der Waals surface area contributed by atoms with Crippen molar-refractivity contribution < 1.29 is 18.0 Å². The second-order valence-electron chi connectivity index (χ2n) is 8.99. The van der Waals surface area contributed by atoms with Crippen molar-refractivity contribution in [3.63, 3.8) is 0 Å². The van der Waals surface area contributed by atoms with Crippen LogP contribution in [0.1, 0.15) is 39.9 Å². The number of carbonyl (C=O) groups excluding carboxylic acids is 2. The predicted molar refractivity (Wildman–Crippen MR) is 135 cm³/mol. The molecular formula is C27H27N3O4S. The monoisotopic (exact) mass is 489 g/mol. The molecule has 2 amide bonds. The molecule has 8 heteroatoms. The molecule has 0 atom stereocenters. The van der Waals surface area contributed by atoms with E-state index in [0.717, 1.165) is 23.2 Å². The van der Waals surface area contributed by atoms with Crippen molar-refractivity contribution in [3.05, 3.63) is 89.0 Å². The van der Waals surface area contributed by atoms with Gasteiger partial charge in [-0.05, 0) is 78.9 Å². The smallest absolute Gasteiger partial charge is 0.255 e. The molecule has 2 aliphatic rings. The Morgan fingerprint density at radius 3 is 2.34 bits per heavy atom. The lowest BCUT2D eigenvalue weighted by molar-refractivity contribution is -0.117. The molecule has 5 rings (SSSR count). The molecule has 0 bridgehead atoms. The number of benzene rings is 3. The molecule has 2 heterocycles. The summed E-state index contributed by atoms with van der Waals surface area (Å²) in [6.45, 7) is 3.40. The number of nitrogens with zero attached hydrogens (tertiary/aromatic N) is 2. The number of nitrogens with one attached hydrogen (secondary N) is 1. The van der Waals surface area contributed by atoms with Crippen LogP contribution in [-0.2, 0) is 27.8 Å². The van der Waals surface area contributed by atoms with Crippen molar-refractivity contribution in [3.8, 4) is 0 Å². The molecule has 7 nitrogen and oxygen atoms in total. The van der Waals surface area contributed by atoms with E-state index < -0.39 is 10.0 Å². The van der Waals surface area contributed by atoms with Gasteiger partial charge in [0, 0.05) is 43.0 Å². The minimum atomic E-state index is -3.66. The van der Waals surface area contributed by atoms with Gasteiger partial charge in [-0.3, -0.25) is 9.59 Å². The van der Waals surface area contributed by atoms with Crippen LogP contribution in [0.25, 0.3) is 0 Å². The number of aryl methyl sites for hydroxylation is 1. The van der Waals surface area contributed by atoms with Crippen LogP contribution in [0.15, 0.2) is 71.6 Å². The number of fused-ring (bicyclic) bond motifs is 1. The summed E-state index contributed by atoms with van der Waals surface area (Å²) in [6, 6.07) is 19.4. The highest BCUT2D eigenvalue weighted by molar-refractivity contribution is 7.89. The van der Waals surface area contributed by atoms with E-state index in [1.54, 1.807) is 11.0 Å². The third-order valence-electron chi connectivity index (χ3n) is 6.67. The summed E-state index contributed by atoms with van der Waals surface area (Å²) in [4.78, 5) is 26.8. The maximum Gasteiger partial charge on any atom is 0.255 e. The molecule has 35 heavy (non-hydrogen) atoms. The lowest BCUT2D eigenvalue weighted by Gasteiger charge is -2.28. The Labute approximate surface area is 205 Å². The van der Waals surface area contributed by atoms with E-state index in [4.69, 9.17) is 0 Å². The summed E-state index contributed by atoms with van der Waals surface area (Å²) in [6.07, 6.45) is 2.10. The fourth-order valence-corrected chi connectivity index (χ4v) is 6.16. The Morgan fingerprint density at radius 1 is 0.914 bits per heavy atom. The minimum Gasteiger partial charge on any atom is -0.322 e. The highest BCUT2D eigenvalue weighted by Crippen LogP contribution is 2.28. The summed E-state index contributed by atoms with van der Waals surface area (Å²) >= 11 is 0. The van der Waals surface area contributed by atoms with Crippen LogP contribution < -0.4 is 10.2 Å². The highest BCUT2D eigenvalue weighted by Gasteiger charge is 2.28. The zero-order chi connectivity index (χ0) is 24.6. The molecule has 3 aromatic carbocycles. The molecule has 2 aliphatic heterocycles. The molecule has 180 valence electrons. The van der Waals surface area contributed by atoms with E-state index in [1.165, 1.54) is 34.1 Å². The number of sulfonamides is 1. The van der Waals surface area contributed by atoms with Crippen LogP contribution in [0, 0.1) is 6.92 Å². The van der Waals surface area contributed by atoms with Crippen LogP contribution >= 0.6 is 0 Å². The fourth-order valence-electron chi connectivity index (χ4n) is 4.74. The molecule has 0 unspecified atom stereocenters. The van der Waals surface area contributed by atoms with Crippen molar-refractivity contribution >= 4 is 33.2 Å². The third-order valence-corrected chi connectivity index (χ3v) is 8.53. The molecule has 0 aromatic heterocycles. The number of anilines is 2. The Bertz CT molecular complexity index is 1400. The van der Waals surface area contributed by atoms with Gasteiger partial charge in [0.2, 0.25) is 15.9 Å². The number of rotatable bonds is 5. The lowest BCUT2D eigenvalue weighted by atomic mass is 10.0. The minimum absolute atomic E-state index is 0.119. The number of carbonyl (C=O) groups is 2. The van der Waals surface area contributed by atoms with Crippen molar-refractivity contribution in [1.29, 1.82) is 0 Å². The molecule has 0 aliphatic carbocycles. The standard InChI is InChI=1S/C27H27N3O4S/c1-19-17-23(10-13-25(19)30-15-4-7-26(30)31)28-27(32)21-8-11-24(12-9-21)35(33,34)29-16-14-20-5-2-3-6-22(20)18-29/h2-3,5-6,8-13,17H,4,7,14-16,18H2,1H3,(H,28,32). The normalized spacial score (nSPS) is 16.3. The third kappa shape index (κ3) is 4.59. The highest BCUT2D eigenvalue weighted by atomic mass is 32.2. The van der Waals surface area contributed by atoms with Crippen molar-refractivity contribution in [2.24, 2.45) is 0 Å². The second kappa shape index (κ2) is 9.28. The van der Waals surface area contributed by atoms with Gasteiger partial charge in [0.05, 0.1) is 4.90 Å². The van der Waals surface area contributed by atoms with Gasteiger partial charge in [-0.1, -0.05) is 24.3 Å². The van der Waals surface area contributed by atoms with Gasteiger partial charge in [-0.25, -0.2) is 8.42 Å². The van der Waals surface area contributed by atoms with Gasteiger partial charge in [-0.2, -0.15) is 4.31 Å². The van der Waals surface area contributed by atoms with Crippen LogP contribution in [0.5, 0.6) is 0 Å². The predicted octanol–water partition coefficient (Wildman–Crippen LogP) is 4.12. The maximum absolute atomic E-state index is 13.2. The zero-order valence-electron chi connectivity index (χ0n) is 19.5. The lowest BCUT2D eigenvalue weighted by Crippen LogP contribution is -2.35. The average Bonchev–Trinajstić information content (AvgIpc) is 3.29. The van der Waals surface area contributed by atoms with E-state index in [-0.39, 0.29) is 16.7 Å². The molecule has 1 saturated heterocycles. The summed E-state index contributed by atoms with van der Waals surface area (Å²) in [5, 5.41) is 2.86. The van der Waals surface area contributed by atoms with E-state index in [0.29, 0.717) is 43.7 Å². The van der Waals surface area contributed by atoms with Gasteiger partial charge in [0.1, 0.15) is 0 Å². The Kier molecular flexibility index (Phi) is 6.17. The average molecular weight is 490 g/mol. The number of hydrogen-bond acceptors (Lipinski definition) is 4. The Hall–Kier alpha value is -3.49. The van der Waals surface area contributed by atoms with Gasteiger partial charge < -0.3 is 10.2 Å². The fraction of sp³-hybridized carbons (Fsp3) is 0.259. The quantitative estimate of drug-likeness (QED) is 0.584. The first-order valence-electron chi connectivity index (χ1n) is 11.7. The zero-order valence-corrected chi connectivity index (χ0v) is 20.3. The largest absolute Gasteiger partial charge is 0.322 e. The van der Waals surface area contributed by atoms with Crippen LogP contribution in [0.4, 0.5) is 11.4 Å². The number of hydrogen-bond donors (Lipinski definition) is 1. The van der Waals surface area contributed by atoms with Crippen molar-refractivity contribution in [2.45, 2.75) is 37.6 Å². The topological polar surface area (TPSA) is 86.8 Å². The van der Waals surface area contributed by atoms with Gasteiger partial charge in [0.15, 0.2) is 0 Å². The molecule has 1 N–H and O–H groups in total. The van der Waals surface area contributed by atoms with Crippen LogP contribution in [0.3, 0.4) is 0 Å². The van der Waals surface area contributed by atoms with E-state index in [1.807, 2.05) is 43.3 Å². The van der Waals surface area contributed by atoms with Crippen LogP contribution in [0.2, 0.25) is 0 Å². The van der Waals surface area contributed by atoms with E-state index in [2.05, 4.69) is 5.32 Å². The van der Waals surface area contributed by atoms with Gasteiger partial charge in [-0.15, -0.1) is 0 Å². The van der Waals surface area contributed by atoms with E-state index >= 15 is 0 Å². The number of amides is 2. The summed E-state index contributed by atoms with van der Waals surface area (Å²) in [5.41, 5.74) is 4.95. The molecular weight excluding hydrogens is 462 g/mol. The van der Waals surface area contributed by atoms with E-state index in [9.17, 15) is 18.0 Å². The van der Waals surface area contributed by atoms with Crippen molar-refractivity contribution in [2.75, 3.05) is 23.3 Å². The molecule has 0 saturated carbocycles. The summed E-state index contributed by atoms with van der Waals surface area (Å²) in [7, 11) is -3.66. The van der Waals surface area contributed by atoms with Crippen molar-refractivity contribution in [1.82, 2.24) is 4.31 Å². The van der Waals surface area contributed by atoms with Gasteiger partial charge >= 0.3 is 0 Å². The molecule has 0 spiro atoms. The molecule has 1 fully saturated rings. The first-order valence-corrected chi connectivity index (χ1v) is 13.2.